The van der Waals surface area contributed by atoms with Crippen LogP contribution in [0.4, 0.5) is 4.79 Å². The van der Waals surface area contributed by atoms with Crippen LogP contribution in [0.5, 0.6) is 0 Å². The Bertz CT molecular complexity index is 635. The Labute approximate surface area is 185 Å². The SMILES string of the molecule is CC(C)(C)[C@@H]1NC(=O)OCCCCCC2CCCC(CO[C@@H]3C[C@@H](C=O)N(C3)C1=O)N2. The van der Waals surface area contributed by atoms with E-state index in [-0.39, 0.29) is 12.0 Å². The molecule has 5 atom stereocenters. The van der Waals surface area contributed by atoms with Gasteiger partial charge in [-0.25, -0.2) is 4.79 Å². The van der Waals surface area contributed by atoms with E-state index < -0.39 is 23.6 Å². The van der Waals surface area contributed by atoms with Crippen LogP contribution in [0, 0.1) is 5.41 Å². The van der Waals surface area contributed by atoms with Crippen molar-refractivity contribution in [3.05, 3.63) is 0 Å². The van der Waals surface area contributed by atoms with Gasteiger partial charge in [-0.2, -0.15) is 0 Å². The van der Waals surface area contributed by atoms with Crippen LogP contribution in [-0.2, 0) is 19.1 Å². The van der Waals surface area contributed by atoms with Gasteiger partial charge in [-0.3, -0.25) is 4.79 Å². The van der Waals surface area contributed by atoms with E-state index in [4.69, 9.17) is 9.47 Å². The van der Waals surface area contributed by atoms with Crippen molar-refractivity contribution in [3.8, 4) is 0 Å². The van der Waals surface area contributed by atoms with E-state index >= 15 is 0 Å². The average Bonchev–Trinajstić information content (AvgIpc) is 3.15. The topological polar surface area (TPSA) is 97.0 Å². The van der Waals surface area contributed by atoms with Crippen molar-refractivity contribution in [1.82, 2.24) is 15.5 Å². The first kappa shape index (κ1) is 24.0. The van der Waals surface area contributed by atoms with Crippen LogP contribution in [0.15, 0.2) is 0 Å². The molecule has 0 saturated carbocycles. The fourth-order valence-corrected chi connectivity index (χ4v) is 4.86. The summed E-state index contributed by atoms with van der Waals surface area (Å²) in [5.74, 6) is -0.260. The molecular weight excluding hydrogens is 398 g/mol. The fraction of sp³-hybridized carbons (Fsp3) is 0.870. The second-order valence-corrected chi connectivity index (χ2v) is 10.3. The lowest BCUT2D eigenvalue weighted by molar-refractivity contribution is -0.139. The molecule has 3 aliphatic heterocycles. The molecule has 2 amide bonds. The van der Waals surface area contributed by atoms with Gasteiger partial charge in [0.25, 0.3) is 0 Å². The zero-order chi connectivity index (χ0) is 22.4. The molecule has 3 rings (SSSR count). The van der Waals surface area contributed by atoms with Crippen LogP contribution in [0.2, 0.25) is 0 Å². The van der Waals surface area contributed by atoms with Crippen molar-refractivity contribution in [1.29, 1.82) is 0 Å². The third-order valence-corrected chi connectivity index (χ3v) is 6.66. The number of carbonyl (C=O) groups excluding carboxylic acids is 3. The van der Waals surface area contributed by atoms with Crippen LogP contribution in [-0.4, -0.2) is 73.2 Å². The first-order chi connectivity index (χ1) is 14.8. The van der Waals surface area contributed by atoms with E-state index in [0.717, 1.165) is 38.4 Å². The number of aldehydes is 1. The number of ether oxygens (including phenoxy) is 2. The third kappa shape index (κ3) is 6.65. The molecule has 0 aromatic heterocycles. The first-order valence-electron chi connectivity index (χ1n) is 11.8. The highest BCUT2D eigenvalue weighted by atomic mass is 16.5. The molecule has 0 aromatic carbocycles. The summed E-state index contributed by atoms with van der Waals surface area (Å²) in [5, 5.41) is 6.47. The standard InChI is InChI=1S/C23H39N3O5/c1-23(2,3)20-21(28)26-13-19(12-18(26)14-27)31-15-17-10-7-9-16(24-17)8-5-4-6-11-30-22(29)25-20/h14,16-20,24H,4-13,15H2,1-3H3,(H,25,29)/t16?,17?,18-,19+,20+/m0/s1. The number of nitrogens with one attached hydrogen (secondary N) is 2. The first-order valence-corrected chi connectivity index (χ1v) is 11.8. The minimum atomic E-state index is -0.777. The molecule has 4 bridgehead atoms. The number of carbonyl (C=O) groups is 3. The lowest BCUT2D eigenvalue weighted by Crippen LogP contribution is -2.56. The average molecular weight is 438 g/mol. The van der Waals surface area contributed by atoms with Gasteiger partial charge < -0.3 is 29.8 Å². The molecule has 0 aliphatic carbocycles. The van der Waals surface area contributed by atoms with Gasteiger partial charge in [-0.05, 0) is 31.1 Å². The Morgan fingerprint density at radius 2 is 1.77 bits per heavy atom. The minimum absolute atomic E-state index is 0.173. The van der Waals surface area contributed by atoms with Crippen molar-refractivity contribution >= 4 is 18.3 Å². The minimum Gasteiger partial charge on any atom is -0.450 e. The Hall–Kier alpha value is -1.67. The van der Waals surface area contributed by atoms with E-state index in [2.05, 4.69) is 10.6 Å². The van der Waals surface area contributed by atoms with Crippen LogP contribution in [0.25, 0.3) is 0 Å². The number of hydrogen-bond acceptors (Lipinski definition) is 6. The van der Waals surface area contributed by atoms with E-state index in [1.807, 2.05) is 20.8 Å². The molecule has 8 heteroatoms. The summed E-state index contributed by atoms with van der Waals surface area (Å²) in [5.41, 5.74) is -0.523. The largest absolute Gasteiger partial charge is 0.450 e. The summed E-state index contributed by atoms with van der Waals surface area (Å²) in [4.78, 5) is 39.0. The van der Waals surface area contributed by atoms with Crippen molar-refractivity contribution in [2.24, 2.45) is 5.41 Å². The zero-order valence-corrected chi connectivity index (χ0v) is 19.2. The smallest absolute Gasteiger partial charge is 0.407 e. The van der Waals surface area contributed by atoms with Gasteiger partial charge >= 0.3 is 6.09 Å². The van der Waals surface area contributed by atoms with E-state index in [0.29, 0.717) is 38.3 Å². The van der Waals surface area contributed by atoms with Gasteiger partial charge in [0, 0.05) is 25.0 Å². The highest BCUT2D eigenvalue weighted by molar-refractivity contribution is 5.88. The molecule has 8 nitrogen and oxygen atoms in total. The van der Waals surface area contributed by atoms with Crippen molar-refractivity contribution < 1.29 is 23.9 Å². The summed E-state index contributed by atoms with van der Waals surface area (Å²) in [7, 11) is 0. The Balaban J connectivity index is 1.73. The van der Waals surface area contributed by atoms with Gasteiger partial charge in [-0.1, -0.05) is 40.0 Å². The Morgan fingerprint density at radius 1 is 1.03 bits per heavy atom. The lowest BCUT2D eigenvalue weighted by atomic mass is 9.85. The summed E-state index contributed by atoms with van der Waals surface area (Å²) < 4.78 is 11.5. The van der Waals surface area contributed by atoms with Crippen LogP contribution >= 0.6 is 0 Å². The molecule has 0 spiro atoms. The predicted octanol–water partition coefficient (Wildman–Crippen LogP) is 2.40. The van der Waals surface area contributed by atoms with Gasteiger partial charge in [0.1, 0.15) is 12.3 Å². The maximum absolute atomic E-state index is 13.4. The number of alkyl carbamates (subject to hydrolysis) is 1. The number of fused-ring (bicyclic) bond motifs is 4. The number of cyclic esters (lactones) is 1. The van der Waals surface area contributed by atoms with Gasteiger partial charge in [-0.15, -0.1) is 0 Å². The molecule has 0 radical (unpaired) electrons. The van der Waals surface area contributed by atoms with E-state index in [9.17, 15) is 14.4 Å². The second-order valence-electron chi connectivity index (χ2n) is 10.3. The number of hydrogen-bond donors (Lipinski definition) is 2. The molecule has 176 valence electrons. The third-order valence-electron chi connectivity index (χ3n) is 6.66. The van der Waals surface area contributed by atoms with E-state index in [1.54, 1.807) is 4.90 Å². The van der Waals surface area contributed by atoms with Crippen molar-refractivity contribution in [2.75, 3.05) is 19.8 Å². The molecule has 3 fully saturated rings. The van der Waals surface area contributed by atoms with Crippen LogP contribution < -0.4 is 10.6 Å². The molecule has 0 aromatic rings. The number of piperidine rings is 1. The number of amides is 2. The summed E-state index contributed by atoms with van der Waals surface area (Å²) in [6.07, 6.45) is 8.04. The molecular formula is C23H39N3O5. The van der Waals surface area contributed by atoms with Gasteiger partial charge in [0.2, 0.25) is 5.91 Å². The predicted molar refractivity (Wildman–Crippen MR) is 117 cm³/mol. The lowest BCUT2D eigenvalue weighted by Gasteiger charge is -2.34. The molecule has 2 N–H and O–H groups in total. The fourth-order valence-electron chi connectivity index (χ4n) is 4.86. The van der Waals surface area contributed by atoms with E-state index in [1.165, 1.54) is 12.8 Å². The highest BCUT2D eigenvalue weighted by Gasteiger charge is 2.43. The van der Waals surface area contributed by atoms with Crippen LogP contribution in [0.1, 0.15) is 72.1 Å². The summed E-state index contributed by atoms with van der Waals surface area (Å²) in [6.45, 7) is 6.99. The molecule has 3 aliphatic rings. The monoisotopic (exact) mass is 437 g/mol. The second kappa shape index (κ2) is 10.8. The van der Waals surface area contributed by atoms with Gasteiger partial charge in [0.05, 0.1) is 25.4 Å². The quantitative estimate of drug-likeness (QED) is 0.612. The Morgan fingerprint density at radius 3 is 2.52 bits per heavy atom. The number of rotatable bonds is 1. The maximum Gasteiger partial charge on any atom is 0.407 e. The molecule has 31 heavy (non-hydrogen) atoms. The molecule has 3 saturated heterocycles. The Kier molecular flexibility index (Phi) is 8.33. The van der Waals surface area contributed by atoms with Crippen molar-refractivity contribution in [3.63, 3.8) is 0 Å². The highest BCUT2D eigenvalue weighted by Crippen LogP contribution is 2.27. The summed E-state index contributed by atoms with van der Waals surface area (Å²) >= 11 is 0. The molecule has 3 heterocycles. The molecule has 2 unspecified atom stereocenters. The maximum atomic E-state index is 13.4. The van der Waals surface area contributed by atoms with Crippen molar-refractivity contribution in [2.45, 2.75) is 102 Å². The summed E-state index contributed by atoms with van der Waals surface area (Å²) in [6, 6.07) is -0.487. The zero-order valence-electron chi connectivity index (χ0n) is 19.2. The van der Waals surface area contributed by atoms with Gasteiger partial charge in [0.15, 0.2) is 0 Å². The van der Waals surface area contributed by atoms with Crippen LogP contribution in [0.3, 0.4) is 0 Å². The normalized spacial score (nSPS) is 34.3. The number of nitrogens with zero attached hydrogens (tertiary/aromatic N) is 1.